The van der Waals surface area contributed by atoms with E-state index in [0.717, 1.165) is 57.6 Å². The SMILES string of the molecule is CCC(c1nnnn1C(C)(C)CC)N(Cc1ccc(OC)cc1)Cc1cc2c(C)ccc(C)c2[nH]c1=O. The van der Waals surface area contributed by atoms with Crippen molar-refractivity contribution in [1.82, 2.24) is 30.1 Å². The van der Waals surface area contributed by atoms with E-state index in [1.165, 1.54) is 0 Å². The second-order valence-electron chi connectivity index (χ2n) is 10.4. The van der Waals surface area contributed by atoms with Gasteiger partial charge in [-0.25, -0.2) is 4.68 Å². The van der Waals surface area contributed by atoms with Gasteiger partial charge in [0, 0.05) is 24.0 Å². The fraction of sp³-hybridized carbons (Fsp3) is 0.448. The Balaban J connectivity index is 1.79. The molecule has 0 bridgehead atoms. The lowest BCUT2D eigenvalue weighted by Gasteiger charge is -2.33. The van der Waals surface area contributed by atoms with Crippen LogP contribution in [0.5, 0.6) is 5.75 Å². The average molecular weight is 503 g/mol. The van der Waals surface area contributed by atoms with Gasteiger partial charge in [0.05, 0.1) is 24.2 Å². The molecule has 1 unspecified atom stereocenters. The minimum Gasteiger partial charge on any atom is -0.497 e. The van der Waals surface area contributed by atoms with Crippen LogP contribution in [-0.4, -0.2) is 37.2 Å². The highest BCUT2D eigenvalue weighted by molar-refractivity contribution is 5.85. The summed E-state index contributed by atoms with van der Waals surface area (Å²) in [6, 6.07) is 14.2. The number of pyridine rings is 1. The van der Waals surface area contributed by atoms with Gasteiger partial charge in [0.2, 0.25) is 0 Å². The lowest BCUT2D eigenvalue weighted by Crippen LogP contribution is -2.36. The minimum absolute atomic E-state index is 0.0655. The largest absolute Gasteiger partial charge is 0.497 e. The van der Waals surface area contributed by atoms with E-state index in [1.54, 1.807) is 7.11 Å². The molecule has 0 aliphatic heterocycles. The Hall–Kier alpha value is -3.52. The van der Waals surface area contributed by atoms with Crippen LogP contribution in [0.15, 0.2) is 47.3 Å². The number of benzene rings is 2. The third-order valence-electron chi connectivity index (χ3n) is 7.50. The number of methoxy groups -OCH3 is 1. The molecule has 0 aliphatic rings. The number of rotatable bonds is 10. The van der Waals surface area contributed by atoms with Crippen LogP contribution in [0, 0.1) is 13.8 Å². The van der Waals surface area contributed by atoms with Crippen molar-refractivity contribution in [2.45, 2.75) is 79.1 Å². The average Bonchev–Trinajstić information content (AvgIpc) is 3.38. The number of hydrogen-bond acceptors (Lipinski definition) is 6. The van der Waals surface area contributed by atoms with E-state index >= 15 is 0 Å². The molecule has 0 saturated carbocycles. The van der Waals surface area contributed by atoms with Crippen molar-refractivity contribution in [3.05, 3.63) is 80.9 Å². The van der Waals surface area contributed by atoms with Gasteiger partial charge in [-0.1, -0.05) is 38.1 Å². The number of aromatic nitrogens is 5. The smallest absolute Gasteiger partial charge is 0.252 e. The molecular formula is C29H38N6O2. The zero-order valence-corrected chi connectivity index (χ0v) is 23.0. The van der Waals surface area contributed by atoms with Crippen LogP contribution in [-0.2, 0) is 18.6 Å². The molecule has 0 radical (unpaired) electrons. The molecule has 4 aromatic rings. The third-order valence-corrected chi connectivity index (χ3v) is 7.50. The lowest BCUT2D eigenvalue weighted by molar-refractivity contribution is 0.150. The van der Waals surface area contributed by atoms with E-state index in [4.69, 9.17) is 4.74 Å². The van der Waals surface area contributed by atoms with Crippen molar-refractivity contribution >= 4 is 10.9 Å². The van der Waals surface area contributed by atoms with Crippen LogP contribution in [0.3, 0.4) is 0 Å². The standard InChI is InChI=1S/C29H38N6O2/c1-8-25(27-31-32-33-35(27)29(5,6)9-2)34(17-21-12-14-23(37-7)15-13-21)18-22-16-24-19(3)10-11-20(4)26(24)30-28(22)36/h10-16,25H,8-9,17-18H2,1-7H3,(H,30,36). The van der Waals surface area contributed by atoms with E-state index in [1.807, 2.05) is 35.9 Å². The lowest BCUT2D eigenvalue weighted by atomic mass is 10.0. The Kier molecular flexibility index (Phi) is 7.78. The number of H-pyrrole nitrogens is 1. The van der Waals surface area contributed by atoms with Gasteiger partial charge in [-0.2, -0.15) is 0 Å². The summed E-state index contributed by atoms with van der Waals surface area (Å²) >= 11 is 0. The quantitative estimate of drug-likeness (QED) is 0.311. The maximum absolute atomic E-state index is 13.3. The van der Waals surface area contributed by atoms with Crippen LogP contribution >= 0.6 is 0 Å². The van der Waals surface area contributed by atoms with E-state index < -0.39 is 0 Å². The van der Waals surface area contributed by atoms with Crippen LogP contribution in [0.4, 0.5) is 0 Å². The first kappa shape index (κ1) is 26.5. The fourth-order valence-electron chi connectivity index (χ4n) is 4.78. The molecular weight excluding hydrogens is 464 g/mol. The van der Waals surface area contributed by atoms with Crippen molar-refractivity contribution in [1.29, 1.82) is 0 Å². The number of tetrazole rings is 1. The maximum Gasteiger partial charge on any atom is 0.252 e. The molecule has 1 N–H and O–H groups in total. The third kappa shape index (κ3) is 5.44. The first-order chi connectivity index (χ1) is 17.7. The van der Waals surface area contributed by atoms with Crippen LogP contribution in [0.1, 0.15) is 74.7 Å². The molecule has 8 nitrogen and oxygen atoms in total. The van der Waals surface area contributed by atoms with Gasteiger partial charge in [0.1, 0.15) is 5.75 Å². The van der Waals surface area contributed by atoms with Gasteiger partial charge in [0.15, 0.2) is 5.82 Å². The molecule has 1 atom stereocenters. The second kappa shape index (κ2) is 10.8. The zero-order chi connectivity index (χ0) is 26.7. The number of aromatic amines is 1. The number of ether oxygens (including phenoxy) is 1. The van der Waals surface area contributed by atoms with E-state index in [2.05, 4.69) is 78.2 Å². The zero-order valence-electron chi connectivity index (χ0n) is 23.0. The number of nitrogens with one attached hydrogen (secondary N) is 1. The van der Waals surface area contributed by atoms with Crippen LogP contribution in [0.2, 0.25) is 0 Å². The minimum atomic E-state index is -0.229. The topological polar surface area (TPSA) is 88.9 Å². The molecule has 2 aromatic carbocycles. The fourth-order valence-corrected chi connectivity index (χ4v) is 4.78. The molecule has 37 heavy (non-hydrogen) atoms. The van der Waals surface area contributed by atoms with Gasteiger partial charge < -0.3 is 9.72 Å². The van der Waals surface area contributed by atoms with Gasteiger partial charge in [-0.05, 0) is 85.9 Å². The van der Waals surface area contributed by atoms with E-state index in [-0.39, 0.29) is 17.1 Å². The van der Waals surface area contributed by atoms with Gasteiger partial charge in [-0.15, -0.1) is 5.10 Å². The molecule has 8 heteroatoms. The van der Waals surface area contributed by atoms with E-state index in [9.17, 15) is 4.79 Å². The monoisotopic (exact) mass is 502 g/mol. The molecule has 0 saturated heterocycles. The molecule has 196 valence electrons. The maximum atomic E-state index is 13.3. The van der Waals surface area contributed by atoms with Gasteiger partial charge in [0.25, 0.3) is 5.56 Å². The summed E-state index contributed by atoms with van der Waals surface area (Å²) in [7, 11) is 1.67. The summed E-state index contributed by atoms with van der Waals surface area (Å²) in [6.07, 6.45) is 1.68. The number of nitrogens with zero attached hydrogens (tertiary/aromatic N) is 5. The van der Waals surface area contributed by atoms with Crippen molar-refractivity contribution in [2.24, 2.45) is 0 Å². The molecule has 4 rings (SSSR count). The van der Waals surface area contributed by atoms with Crippen LogP contribution in [0.25, 0.3) is 10.9 Å². The molecule has 0 aliphatic carbocycles. The summed E-state index contributed by atoms with van der Waals surface area (Å²) in [4.78, 5) is 18.7. The van der Waals surface area contributed by atoms with Gasteiger partial charge in [-0.3, -0.25) is 9.69 Å². The molecule has 0 amide bonds. The van der Waals surface area contributed by atoms with Crippen molar-refractivity contribution < 1.29 is 4.74 Å². The summed E-state index contributed by atoms with van der Waals surface area (Å²) in [5.74, 6) is 1.62. The number of fused-ring (bicyclic) bond motifs is 1. The normalized spacial score (nSPS) is 12.9. The Labute approximate surface area is 218 Å². The highest BCUT2D eigenvalue weighted by Crippen LogP contribution is 2.31. The molecule has 0 fully saturated rings. The number of aryl methyl sites for hydroxylation is 2. The van der Waals surface area contributed by atoms with Crippen molar-refractivity contribution in [3.63, 3.8) is 0 Å². The Morgan fingerprint density at radius 1 is 1.05 bits per heavy atom. The highest BCUT2D eigenvalue weighted by atomic mass is 16.5. The summed E-state index contributed by atoms with van der Waals surface area (Å²) in [5, 5.41) is 14.0. The molecule has 2 heterocycles. The van der Waals surface area contributed by atoms with Crippen LogP contribution < -0.4 is 10.3 Å². The Morgan fingerprint density at radius 3 is 2.41 bits per heavy atom. The summed E-state index contributed by atoms with van der Waals surface area (Å²) in [6.45, 7) is 13.8. The first-order valence-electron chi connectivity index (χ1n) is 13.0. The molecule has 2 aromatic heterocycles. The predicted molar refractivity (Wildman–Crippen MR) is 147 cm³/mol. The highest BCUT2D eigenvalue weighted by Gasteiger charge is 2.31. The first-order valence-corrected chi connectivity index (χ1v) is 13.0. The Morgan fingerprint density at radius 2 is 1.76 bits per heavy atom. The molecule has 0 spiro atoms. The predicted octanol–water partition coefficient (Wildman–Crippen LogP) is 5.44. The van der Waals surface area contributed by atoms with Gasteiger partial charge >= 0.3 is 0 Å². The van der Waals surface area contributed by atoms with Crippen molar-refractivity contribution in [3.8, 4) is 5.75 Å². The Bertz CT molecular complexity index is 1420. The summed E-state index contributed by atoms with van der Waals surface area (Å²) < 4.78 is 7.30. The summed E-state index contributed by atoms with van der Waals surface area (Å²) in [5.41, 5.74) is 4.65. The number of hydrogen-bond donors (Lipinski definition) is 1. The van der Waals surface area contributed by atoms with E-state index in [0.29, 0.717) is 13.1 Å². The van der Waals surface area contributed by atoms with Crippen molar-refractivity contribution in [2.75, 3.05) is 7.11 Å². The second-order valence-corrected chi connectivity index (χ2v) is 10.4.